The summed E-state index contributed by atoms with van der Waals surface area (Å²) >= 11 is 0. The van der Waals surface area contributed by atoms with Crippen LogP contribution in [-0.4, -0.2) is 23.7 Å². The fourth-order valence-corrected chi connectivity index (χ4v) is 1.59. The lowest BCUT2D eigenvalue weighted by atomic mass is 10.1. The minimum Gasteiger partial charge on any atom is -0.465 e. The maximum atomic E-state index is 11.2. The van der Waals surface area contributed by atoms with Gasteiger partial charge in [0.15, 0.2) is 0 Å². The first-order chi connectivity index (χ1) is 7.63. The van der Waals surface area contributed by atoms with Crippen molar-refractivity contribution < 1.29 is 14.5 Å². The van der Waals surface area contributed by atoms with Crippen LogP contribution in [0.25, 0.3) is 0 Å². The molecular formula is C10H8N2O4. The van der Waals surface area contributed by atoms with Gasteiger partial charge in [-0.15, -0.1) is 0 Å². The lowest BCUT2D eigenvalue weighted by Gasteiger charge is -1.96. The van der Waals surface area contributed by atoms with Crippen LogP contribution >= 0.6 is 0 Å². The van der Waals surface area contributed by atoms with Gasteiger partial charge in [-0.25, -0.2) is 9.79 Å². The van der Waals surface area contributed by atoms with Gasteiger partial charge in [0.2, 0.25) is 0 Å². The van der Waals surface area contributed by atoms with Crippen LogP contribution in [0.3, 0.4) is 0 Å². The molecule has 0 aromatic heterocycles. The summed E-state index contributed by atoms with van der Waals surface area (Å²) in [4.78, 5) is 25.4. The normalized spacial score (nSPS) is 12.9. The third kappa shape index (κ3) is 1.54. The van der Waals surface area contributed by atoms with Crippen molar-refractivity contribution >= 4 is 23.1 Å². The molecule has 0 atom stereocenters. The summed E-state index contributed by atoms with van der Waals surface area (Å²) in [5.41, 5.74) is 1.05. The van der Waals surface area contributed by atoms with Crippen LogP contribution in [0.2, 0.25) is 0 Å². The van der Waals surface area contributed by atoms with E-state index >= 15 is 0 Å². The minimum absolute atomic E-state index is 0.0867. The standard InChI is InChI=1S/C10H8N2O4/c1-16-10(13)7-5-6-3-2-4-8(12(14)15)9(6)11-7/h2-4H,5H2,1H3. The van der Waals surface area contributed by atoms with E-state index in [2.05, 4.69) is 9.73 Å². The molecule has 0 saturated carbocycles. The smallest absolute Gasteiger partial charge is 0.352 e. The van der Waals surface area contributed by atoms with E-state index in [4.69, 9.17) is 0 Å². The van der Waals surface area contributed by atoms with Crippen molar-refractivity contribution in [2.75, 3.05) is 7.11 Å². The fraction of sp³-hybridized carbons (Fsp3) is 0.200. The molecule has 1 heterocycles. The van der Waals surface area contributed by atoms with E-state index in [1.54, 1.807) is 12.1 Å². The SMILES string of the molecule is COC(=O)C1=Nc2c(cccc2[N+](=O)[O-])C1. The summed E-state index contributed by atoms with van der Waals surface area (Å²) in [5, 5.41) is 10.7. The van der Waals surface area contributed by atoms with Crippen LogP contribution in [0.5, 0.6) is 0 Å². The number of carbonyl (C=O) groups excluding carboxylic acids is 1. The van der Waals surface area contributed by atoms with E-state index in [9.17, 15) is 14.9 Å². The summed E-state index contributed by atoms with van der Waals surface area (Å²) in [6, 6.07) is 4.65. The molecule has 1 aromatic rings. The Morgan fingerprint density at radius 3 is 2.94 bits per heavy atom. The molecule has 82 valence electrons. The molecule has 6 nitrogen and oxygen atoms in total. The molecule has 6 heteroatoms. The van der Waals surface area contributed by atoms with Gasteiger partial charge in [0, 0.05) is 12.5 Å². The molecule has 1 aliphatic heterocycles. The third-order valence-corrected chi connectivity index (χ3v) is 2.32. The number of benzene rings is 1. The number of para-hydroxylation sites is 1. The molecule has 0 fully saturated rings. The van der Waals surface area contributed by atoms with Crippen molar-refractivity contribution in [3.63, 3.8) is 0 Å². The lowest BCUT2D eigenvalue weighted by molar-refractivity contribution is -0.384. The number of rotatable bonds is 2. The molecule has 1 aromatic carbocycles. The van der Waals surface area contributed by atoms with Crippen molar-refractivity contribution in [1.82, 2.24) is 0 Å². The molecular weight excluding hydrogens is 212 g/mol. The molecule has 16 heavy (non-hydrogen) atoms. The maximum absolute atomic E-state index is 11.2. The first kappa shape index (κ1) is 10.3. The Morgan fingerprint density at radius 2 is 2.31 bits per heavy atom. The van der Waals surface area contributed by atoms with Crippen LogP contribution in [0, 0.1) is 10.1 Å². The molecule has 0 saturated heterocycles. The second-order valence-electron chi connectivity index (χ2n) is 3.27. The van der Waals surface area contributed by atoms with E-state index in [-0.39, 0.29) is 23.5 Å². The highest BCUT2D eigenvalue weighted by molar-refractivity contribution is 6.38. The lowest BCUT2D eigenvalue weighted by Crippen LogP contribution is -2.15. The fourth-order valence-electron chi connectivity index (χ4n) is 1.59. The Kier molecular flexibility index (Phi) is 2.40. The van der Waals surface area contributed by atoms with Gasteiger partial charge in [0.05, 0.1) is 12.0 Å². The number of nitro benzene ring substituents is 1. The van der Waals surface area contributed by atoms with E-state index in [0.29, 0.717) is 5.56 Å². The molecule has 0 radical (unpaired) electrons. The Morgan fingerprint density at radius 1 is 1.56 bits per heavy atom. The molecule has 0 unspecified atom stereocenters. The van der Waals surface area contributed by atoms with Gasteiger partial charge in [-0.05, 0) is 5.56 Å². The monoisotopic (exact) mass is 220 g/mol. The van der Waals surface area contributed by atoms with Gasteiger partial charge in [0.1, 0.15) is 11.4 Å². The van der Waals surface area contributed by atoms with Crippen molar-refractivity contribution in [1.29, 1.82) is 0 Å². The van der Waals surface area contributed by atoms with Crippen molar-refractivity contribution in [3.8, 4) is 0 Å². The first-order valence-electron chi connectivity index (χ1n) is 4.55. The van der Waals surface area contributed by atoms with E-state index < -0.39 is 10.9 Å². The highest BCUT2D eigenvalue weighted by Crippen LogP contribution is 2.35. The summed E-state index contributed by atoms with van der Waals surface area (Å²) in [7, 11) is 1.25. The Bertz CT molecular complexity index is 508. The van der Waals surface area contributed by atoms with Gasteiger partial charge < -0.3 is 4.74 Å². The zero-order valence-corrected chi connectivity index (χ0v) is 8.47. The number of nitrogens with zero attached hydrogens (tertiary/aromatic N) is 2. The predicted octanol–water partition coefficient (Wildman–Crippen LogP) is 1.40. The number of methoxy groups -OCH3 is 1. The third-order valence-electron chi connectivity index (χ3n) is 2.32. The molecule has 0 N–H and O–H groups in total. The highest BCUT2D eigenvalue weighted by atomic mass is 16.6. The summed E-state index contributed by atoms with van der Waals surface area (Å²) in [6.07, 6.45) is 0.281. The van der Waals surface area contributed by atoms with Crippen molar-refractivity contribution in [2.24, 2.45) is 4.99 Å². The topological polar surface area (TPSA) is 81.8 Å². The molecule has 0 spiro atoms. The van der Waals surface area contributed by atoms with Gasteiger partial charge in [-0.3, -0.25) is 10.1 Å². The number of hydrogen-bond donors (Lipinski definition) is 0. The number of fused-ring (bicyclic) bond motifs is 1. The predicted molar refractivity (Wildman–Crippen MR) is 55.9 cm³/mol. The molecule has 0 amide bonds. The van der Waals surface area contributed by atoms with Crippen molar-refractivity contribution in [3.05, 3.63) is 33.9 Å². The number of aliphatic imine (C=N–C) groups is 1. The largest absolute Gasteiger partial charge is 0.465 e. The average Bonchev–Trinajstić information content (AvgIpc) is 2.70. The Labute approximate surface area is 90.7 Å². The van der Waals surface area contributed by atoms with Crippen LogP contribution in [0.4, 0.5) is 11.4 Å². The summed E-state index contributed by atoms with van der Waals surface area (Å²) < 4.78 is 4.53. The Hall–Kier alpha value is -2.24. The van der Waals surface area contributed by atoms with Crippen molar-refractivity contribution in [2.45, 2.75) is 6.42 Å². The number of carbonyl (C=O) groups is 1. The average molecular weight is 220 g/mol. The van der Waals surface area contributed by atoms with Crippen LogP contribution < -0.4 is 0 Å². The summed E-state index contributed by atoms with van der Waals surface area (Å²) in [5.74, 6) is -0.550. The maximum Gasteiger partial charge on any atom is 0.352 e. The second-order valence-corrected chi connectivity index (χ2v) is 3.27. The number of esters is 1. The van der Waals surface area contributed by atoms with Gasteiger partial charge >= 0.3 is 5.97 Å². The van der Waals surface area contributed by atoms with E-state index in [0.717, 1.165) is 0 Å². The molecule has 0 bridgehead atoms. The molecule has 0 aliphatic carbocycles. The molecule has 1 aliphatic rings. The summed E-state index contributed by atoms with van der Waals surface area (Å²) in [6.45, 7) is 0. The Balaban J connectivity index is 2.46. The number of hydrogen-bond acceptors (Lipinski definition) is 5. The minimum atomic E-state index is -0.550. The van der Waals surface area contributed by atoms with E-state index in [1.807, 2.05) is 0 Å². The van der Waals surface area contributed by atoms with Crippen LogP contribution in [0.1, 0.15) is 5.56 Å². The van der Waals surface area contributed by atoms with Crippen LogP contribution in [0.15, 0.2) is 23.2 Å². The quantitative estimate of drug-likeness (QED) is 0.428. The van der Waals surface area contributed by atoms with Crippen LogP contribution in [-0.2, 0) is 16.0 Å². The van der Waals surface area contributed by atoms with E-state index in [1.165, 1.54) is 13.2 Å². The highest BCUT2D eigenvalue weighted by Gasteiger charge is 2.27. The molecule has 2 rings (SSSR count). The second kappa shape index (κ2) is 3.73. The zero-order chi connectivity index (χ0) is 11.7. The number of nitro groups is 1. The number of ether oxygens (including phenoxy) is 1. The first-order valence-corrected chi connectivity index (χ1v) is 4.55. The van der Waals surface area contributed by atoms with Gasteiger partial charge in [-0.1, -0.05) is 12.1 Å². The van der Waals surface area contributed by atoms with Gasteiger partial charge in [-0.2, -0.15) is 0 Å². The zero-order valence-electron chi connectivity index (χ0n) is 8.47. The van der Waals surface area contributed by atoms with Gasteiger partial charge in [0.25, 0.3) is 5.69 Å².